The van der Waals surface area contributed by atoms with E-state index < -0.39 is 5.97 Å². The second-order valence-electron chi connectivity index (χ2n) is 3.13. The van der Waals surface area contributed by atoms with E-state index in [0.29, 0.717) is 11.5 Å². The van der Waals surface area contributed by atoms with E-state index in [1.165, 1.54) is 16.7 Å². The van der Waals surface area contributed by atoms with Crippen molar-refractivity contribution < 1.29 is 9.90 Å². The van der Waals surface area contributed by atoms with Crippen LogP contribution >= 0.6 is 0 Å². The molecule has 0 aliphatic heterocycles. The molecule has 0 fully saturated rings. The van der Waals surface area contributed by atoms with E-state index in [2.05, 4.69) is 4.98 Å². The van der Waals surface area contributed by atoms with Gasteiger partial charge in [-0.25, -0.2) is 9.78 Å². The van der Waals surface area contributed by atoms with Crippen LogP contribution in [-0.4, -0.2) is 20.6 Å². The zero-order valence-corrected chi connectivity index (χ0v) is 8.60. The fourth-order valence-corrected chi connectivity index (χ4v) is 1.24. The standard InChI is InChI=1S/C10H12N2O3/c1-7-6-9(13)12(8(2)11-7)5-3-4-10(14)15/h3-4,6H,5H2,1-2H3,(H,14,15). The van der Waals surface area contributed by atoms with Crippen LogP contribution in [0.25, 0.3) is 0 Å². The van der Waals surface area contributed by atoms with Crippen LogP contribution in [0.5, 0.6) is 0 Å². The molecule has 0 aromatic carbocycles. The molecule has 1 heterocycles. The highest BCUT2D eigenvalue weighted by Gasteiger charge is 2.00. The number of nitrogens with zero attached hydrogens (tertiary/aromatic N) is 2. The molecule has 1 aromatic heterocycles. The highest BCUT2D eigenvalue weighted by Crippen LogP contribution is 1.93. The molecule has 80 valence electrons. The molecular weight excluding hydrogens is 196 g/mol. The van der Waals surface area contributed by atoms with E-state index in [0.717, 1.165) is 6.08 Å². The Morgan fingerprint density at radius 1 is 1.60 bits per heavy atom. The average Bonchev–Trinajstić information content (AvgIpc) is 2.08. The zero-order valence-electron chi connectivity index (χ0n) is 8.60. The highest BCUT2D eigenvalue weighted by molar-refractivity contribution is 5.79. The molecule has 5 nitrogen and oxygen atoms in total. The Morgan fingerprint density at radius 3 is 2.80 bits per heavy atom. The third-order valence-corrected chi connectivity index (χ3v) is 1.88. The first kappa shape index (κ1) is 11.2. The quantitative estimate of drug-likeness (QED) is 0.734. The minimum atomic E-state index is -1.03. The maximum Gasteiger partial charge on any atom is 0.328 e. The second kappa shape index (κ2) is 4.54. The minimum Gasteiger partial charge on any atom is -0.478 e. The number of carboxylic acid groups (broad SMARTS) is 1. The van der Waals surface area contributed by atoms with Crippen LogP contribution in [0.15, 0.2) is 23.0 Å². The van der Waals surface area contributed by atoms with Crippen LogP contribution in [0.1, 0.15) is 11.5 Å². The Hall–Kier alpha value is -1.91. The van der Waals surface area contributed by atoms with Gasteiger partial charge in [0.05, 0.1) is 0 Å². The molecule has 1 aromatic rings. The maximum absolute atomic E-state index is 11.5. The van der Waals surface area contributed by atoms with Crippen molar-refractivity contribution in [1.82, 2.24) is 9.55 Å². The molecule has 0 saturated carbocycles. The number of carboxylic acids is 1. The van der Waals surface area contributed by atoms with Gasteiger partial charge in [-0.3, -0.25) is 9.36 Å². The molecule has 0 unspecified atom stereocenters. The first-order valence-corrected chi connectivity index (χ1v) is 4.45. The predicted molar refractivity (Wildman–Crippen MR) is 54.7 cm³/mol. The summed E-state index contributed by atoms with van der Waals surface area (Å²) >= 11 is 0. The Kier molecular flexibility index (Phi) is 3.38. The molecule has 0 amide bonds. The summed E-state index contributed by atoms with van der Waals surface area (Å²) < 4.78 is 1.41. The topological polar surface area (TPSA) is 72.2 Å². The molecule has 1 N–H and O–H groups in total. The first-order chi connectivity index (χ1) is 7.00. The van der Waals surface area contributed by atoms with E-state index >= 15 is 0 Å². The van der Waals surface area contributed by atoms with E-state index in [4.69, 9.17) is 5.11 Å². The number of aromatic nitrogens is 2. The van der Waals surface area contributed by atoms with Crippen LogP contribution in [0.2, 0.25) is 0 Å². The monoisotopic (exact) mass is 208 g/mol. The lowest BCUT2D eigenvalue weighted by molar-refractivity contribution is -0.131. The van der Waals surface area contributed by atoms with E-state index in [-0.39, 0.29) is 12.1 Å². The number of carbonyl (C=O) groups is 1. The molecule has 0 spiro atoms. The van der Waals surface area contributed by atoms with Gasteiger partial charge in [-0.05, 0) is 13.8 Å². The summed E-state index contributed by atoms with van der Waals surface area (Å²) in [4.78, 5) is 25.8. The smallest absolute Gasteiger partial charge is 0.328 e. The summed E-state index contributed by atoms with van der Waals surface area (Å²) in [5.41, 5.74) is 0.492. The first-order valence-electron chi connectivity index (χ1n) is 4.45. The van der Waals surface area contributed by atoms with Crippen molar-refractivity contribution in [2.24, 2.45) is 0 Å². The molecule has 0 bridgehead atoms. The lowest BCUT2D eigenvalue weighted by Gasteiger charge is -2.05. The van der Waals surface area contributed by atoms with Gasteiger partial charge in [-0.2, -0.15) is 0 Å². The van der Waals surface area contributed by atoms with Crippen LogP contribution in [0.4, 0.5) is 0 Å². The molecule has 0 saturated heterocycles. The fourth-order valence-electron chi connectivity index (χ4n) is 1.24. The van der Waals surface area contributed by atoms with Crippen molar-refractivity contribution in [3.05, 3.63) is 40.1 Å². The SMILES string of the molecule is Cc1cc(=O)n(CC=CC(=O)O)c(C)n1. The number of aliphatic carboxylic acids is 1. The lowest BCUT2D eigenvalue weighted by Crippen LogP contribution is -2.22. The predicted octanol–water partition coefficient (Wildman–Crippen LogP) is 0.501. The van der Waals surface area contributed by atoms with Crippen molar-refractivity contribution >= 4 is 5.97 Å². The van der Waals surface area contributed by atoms with Gasteiger partial charge in [-0.15, -0.1) is 0 Å². The molecule has 0 aliphatic rings. The van der Waals surface area contributed by atoms with Crippen LogP contribution in [0.3, 0.4) is 0 Å². The van der Waals surface area contributed by atoms with Crippen LogP contribution in [-0.2, 0) is 11.3 Å². The zero-order chi connectivity index (χ0) is 11.4. The van der Waals surface area contributed by atoms with Crippen LogP contribution in [0, 0.1) is 13.8 Å². The van der Waals surface area contributed by atoms with Gasteiger partial charge in [0.25, 0.3) is 5.56 Å². The van der Waals surface area contributed by atoms with E-state index in [1.54, 1.807) is 13.8 Å². The maximum atomic E-state index is 11.5. The van der Waals surface area contributed by atoms with Crippen molar-refractivity contribution in [1.29, 1.82) is 0 Å². The second-order valence-corrected chi connectivity index (χ2v) is 3.13. The summed E-state index contributed by atoms with van der Waals surface area (Å²) in [7, 11) is 0. The summed E-state index contributed by atoms with van der Waals surface area (Å²) in [6.45, 7) is 3.68. The van der Waals surface area contributed by atoms with Gasteiger partial charge >= 0.3 is 5.97 Å². The van der Waals surface area contributed by atoms with Crippen molar-refractivity contribution in [2.45, 2.75) is 20.4 Å². The summed E-state index contributed by atoms with van der Waals surface area (Å²) in [5.74, 6) is -0.448. The Bertz CT molecular complexity index is 460. The summed E-state index contributed by atoms with van der Waals surface area (Å²) in [6.07, 6.45) is 2.42. The van der Waals surface area contributed by atoms with Crippen molar-refractivity contribution in [3.63, 3.8) is 0 Å². The molecule has 15 heavy (non-hydrogen) atoms. The Labute approximate surface area is 86.7 Å². The van der Waals surface area contributed by atoms with Gasteiger partial charge in [0, 0.05) is 24.4 Å². The van der Waals surface area contributed by atoms with Crippen molar-refractivity contribution in [3.8, 4) is 0 Å². The molecule has 5 heteroatoms. The summed E-state index contributed by atoms with van der Waals surface area (Å²) in [5, 5.41) is 8.38. The molecule has 1 rings (SSSR count). The minimum absolute atomic E-state index is 0.171. The molecular formula is C10H12N2O3. The number of aryl methyl sites for hydroxylation is 2. The third-order valence-electron chi connectivity index (χ3n) is 1.88. The molecule has 0 aliphatic carbocycles. The van der Waals surface area contributed by atoms with Gasteiger partial charge in [0.2, 0.25) is 0 Å². The number of allylic oxidation sites excluding steroid dienone is 1. The fraction of sp³-hybridized carbons (Fsp3) is 0.300. The lowest BCUT2D eigenvalue weighted by atomic mass is 10.4. The van der Waals surface area contributed by atoms with Gasteiger partial charge in [-0.1, -0.05) is 6.08 Å². The Balaban J connectivity index is 2.96. The normalized spacial score (nSPS) is 10.8. The highest BCUT2D eigenvalue weighted by atomic mass is 16.4. The van der Waals surface area contributed by atoms with Gasteiger partial charge in [0.15, 0.2) is 0 Å². The summed E-state index contributed by atoms with van der Waals surface area (Å²) in [6, 6.07) is 1.42. The van der Waals surface area contributed by atoms with Gasteiger partial charge in [0.1, 0.15) is 5.82 Å². The molecule has 0 atom stereocenters. The third kappa shape index (κ3) is 3.05. The number of rotatable bonds is 3. The van der Waals surface area contributed by atoms with E-state index in [9.17, 15) is 9.59 Å². The average molecular weight is 208 g/mol. The molecule has 0 radical (unpaired) electrons. The van der Waals surface area contributed by atoms with Crippen LogP contribution < -0.4 is 5.56 Å². The Morgan fingerprint density at radius 2 is 2.27 bits per heavy atom. The largest absolute Gasteiger partial charge is 0.478 e. The van der Waals surface area contributed by atoms with Crippen molar-refractivity contribution in [2.75, 3.05) is 0 Å². The number of hydrogen-bond donors (Lipinski definition) is 1. The number of hydrogen-bond acceptors (Lipinski definition) is 3. The van der Waals surface area contributed by atoms with E-state index in [1.807, 2.05) is 0 Å². The van der Waals surface area contributed by atoms with Gasteiger partial charge < -0.3 is 5.11 Å².